The van der Waals surface area contributed by atoms with E-state index in [0.29, 0.717) is 19.5 Å². The smallest absolute Gasteiger partial charge is 0.194 e. The fourth-order valence-electron chi connectivity index (χ4n) is 2.22. The van der Waals surface area contributed by atoms with Gasteiger partial charge in [0.05, 0.1) is 25.1 Å². The highest BCUT2D eigenvalue weighted by Crippen LogP contribution is 2.16. The van der Waals surface area contributed by atoms with Gasteiger partial charge in [-0.05, 0) is 18.9 Å². The van der Waals surface area contributed by atoms with Crippen molar-refractivity contribution in [2.45, 2.75) is 19.9 Å². The summed E-state index contributed by atoms with van der Waals surface area (Å²) in [5.74, 6) is 1.63. The molecule has 5 nitrogen and oxygen atoms in total. The number of H-pyrrole nitrogens is 1. The molecule has 0 atom stereocenters. The predicted molar refractivity (Wildman–Crippen MR) is 107 cm³/mol. The van der Waals surface area contributed by atoms with E-state index in [1.165, 1.54) is 0 Å². The molecule has 0 unspecified atom stereocenters. The minimum absolute atomic E-state index is 0. The van der Waals surface area contributed by atoms with Crippen LogP contribution in [0.25, 0.3) is 11.3 Å². The highest BCUT2D eigenvalue weighted by molar-refractivity contribution is 14.0. The van der Waals surface area contributed by atoms with Gasteiger partial charge in [0.15, 0.2) is 5.96 Å². The minimum Gasteiger partial charge on any atom is -0.357 e. The van der Waals surface area contributed by atoms with Gasteiger partial charge in [-0.1, -0.05) is 30.3 Å². The van der Waals surface area contributed by atoms with Gasteiger partial charge in [0.1, 0.15) is 5.82 Å². The van der Waals surface area contributed by atoms with E-state index in [2.05, 4.69) is 20.3 Å². The van der Waals surface area contributed by atoms with Crippen molar-refractivity contribution >= 4 is 29.9 Å². The molecular formula is C17H25FIN5. The number of rotatable bonds is 7. The molecule has 7 heteroatoms. The van der Waals surface area contributed by atoms with Gasteiger partial charge in [0, 0.05) is 20.1 Å². The summed E-state index contributed by atoms with van der Waals surface area (Å²) in [4.78, 5) is 14.2. The molecule has 2 aromatic rings. The first-order valence-corrected chi connectivity index (χ1v) is 7.89. The van der Waals surface area contributed by atoms with Gasteiger partial charge in [0.2, 0.25) is 0 Å². The number of alkyl halides is 1. The lowest BCUT2D eigenvalue weighted by Gasteiger charge is -2.20. The SMILES string of the molecule is CCNC(=NCCCF)N(C)Cc1ncc(-c2ccccc2)[nH]1.I. The number of benzene rings is 1. The van der Waals surface area contributed by atoms with Crippen LogP contribution in [0.3, 0.4) is 0 Å². The second-order valence-electron chi connectivity index (χ2n) is 5.24. The van der Waals surface area contributed by atoms with Gasteiger partial charge in [-0.15, -0.1) is 24.0 Å². The normalized spacial score (nSPS) is 11.0. The molecule has 2 N–H and O–H groups in total. The summed E-state index contributed by atoms with van der Waals surface area (Å²) >= 11 is 0. The zero-order chi connectivity index (χ0) is 16.5. The van der Waals surface area contributed by atoms with Crippen LogP contribution in [0.1, 0.15) is 19.2 Å². The number of nitrogens with one attached hydrogen (secondary N) is 2. The third-order valence-electron chi connectivity index (χ3n) is 3.35. The van der Waals surface area contributed by atoms with Crippen molar-refractivity contribution in [2.75, 3.05) is 26.8 Å². The Morgan fingerprint density at radius 3 is 2.75 bits per heavy atom. The summed E-state index contributed by atoms with van der Waals surface area (Å²) in [6.07, 6.45) is 2.29. The van der Waals surface area contributed by atoms with Crippen molar-refractivity contribution in [3.63, 3.8) is 0 Å². The van der Waals surface area contributed by atoms with Gasteiger partial charge in [0.25, 0.3) is 0 Å². The van der Waals surface area contributed by atoms with Crippen LogP contribution in [0.5, 0.6) is 0 Å². The molecular weight excluding hydrogens is 420 g/mol. The molecule has 0 fully saturated rings. The number of aliphatic imine (C=N–C) groups is 1. The van der Waals surface area contributed by atoms with E-state index in [-0.39, 0.29) is 30.7 Å². The molecule has 0 aliphatic carbocycles. The molecule has 24 heavy (non-hydrogen) atoms. The number of aromatic amines is 1. The average molecular weight is 445 g/mol. The summed E-state index contributed by atoms with van der Waals surface area (Å²) in [5, 5.41) is 3.21. The van der Waals surface area contributed by atoms with Crippen LogP contribution < -0.4 is 5.32 Å². The van der Waals surface area contributed by atoms with Crippen molar-refractivity contribution in [3.05, 3.63) is 42.4 Å². The van der Waals surface area contributed by atoms with E-state index in [1.54, 1.807) is 0 Å². The average Bonchev–Trinajstić information content (AvgIpc) is 3.03. The Morgan fingerprint density at radius 1 is 1.33 bits per heavy atom. The maximum Gasteiger partial charge on any atom is 0.194 e. The van der Waals surface area contributed by atoms with Crippen LogP contribution in [-0.4, -0.2) is 47.6 Å². The second-order valence-corrected chi connectivity index (χ2v) is 5.24. The summed E-state index contributed by atoms with van der Waals surface area (Å²) in [6.45, 7) is 3.53. The summed E-state index contributed by atoms with van der Waals surface area (Å²) in [5.41, 5.74) is 2.10. The third kappa shape index (κ3) is 6.10. The number of aromatic nitrogens is 2. The summed E-state index contributed by atoms with van der Waals surface area (Å²) in [7, 11) is 1.95. The minimum atomic E-state index is -0.342. The van der Waals surface area contributed by atoms with Crippen molar-refractivity contribution in [2.24, 2.45) is 4.99 Å². The largest absolute Gasteiger partial charge is 0.357 e. The monoisotopic (exact) mass is 445 g/mol. The van der Waals surface area contributed by atoms with E-state index < -0.39 is 0 Å². The van der Waals surface area contributed by atoms with E-state index in [4.69, 9.17) is 0 Å². The van der Waals surface area contributed by atoms with Gasteiger partial charge >= 0.3 is 0 Å². The zero-order valence-electron chi connectivity index (χ0n) is 14.1. The first-order valence-electron chi connectivity index (χ1n) is 7.89. The van der Waals surface area contributed by atoms with Crippen molar-refractivity contribution in [1.82, 2.24) is 20.2 Å². The fourth-order valence-corrected chi connectivity index (χ4v) is 2.22. The Morgan fingerprint density at radius 2 is 2.08 bits per heavy atom. The Bertz CT molecular complexity index is 614. The topological polar surface area (TPSA) is 56.3 Å². The first kappa shape index (κ1) is 20.4. The van der Waals surface area contributed by atoms with Crippen LogP contribution in [0.2, 0.25) is 0 Å². The molecule has 0 saturated carbocycles. The number of nitrogens with zero attached hydrogens (tertiary/aromatic N) is 3. The Kier molecular flexibility index (Phi) is 9.36. The van der Waals surface area contributed by atoms with Crippen LogP contribution in [0, 0.1) is 0 Å². The lowest BCUT2D eigenvalue weighted by atomic mass is 10.2. The molecule has 1 aromatic heterocycles. The fraction of sp³-hybridized carbons (Fsp3) is 0.412. The van der Waals surface area contributed by atoms with E-state index in [1.807, 2.05) is 55.4 Å². The lowest BCUT2D eigenvalue weighted by Crippen LogP contribution is -2.38. The van der Waals surface area contributed by atoms with Crippen molar-refractivity contribution in [1.29, 1.82) is 0 Å². The van der Waals surface area contributed by atoms with Gasteiger partial charge < -0.3 is 15.2 Å². The van der Waals surface area contributed by atoms with E-state index in [9.17, 15) is 4.39 Å². The number of guanidine groups is 1. The molecule has 0 radical (unpaired) electrons. The van der Waals surface area contributed by atoms with Crippen molar-refractivity contribution < 1.29 is 4.39 Å². The van der Waals surface area contributed by atoms with Crippen molar-refractivity contribution in [3.8, 4) is 11.3 Å². The second kappa shape index (κ2) is 11.0. The zero-order valence-corrected chi connectivity index (χ0v) is 16.5. The molecule has 132 valence electrons. The maximum absolute atomic E-state index is 12.2. The number of hydrogen-bond donors (Lipinski definition) is 2. The Hall–Kier alpha value is -1.64. The molecule has 0 aliphatic rings. The summed E-state index contributed by atoms with van der Waals surface area (Å²) in [6, 6.07) is 10.1. The molecule has 0 spiro atoms. The Labute approximate surface area is 159 Å². The molecule has 0 amide bonds. The molecule has 1 heterocycles. The van der Waals surface area contributed by atoms with Gasteiger partial charge in [-0.3, -0.25) is 9.38 Å². The third-order valence-corrected chi connectivity index (χ3v) is 3.35. The van der Waals surface area contributed by atoms with Crippen LogP contribution in [-0.2, 0) is 6.54 Å². The standard InChI is InChI=1S/C17H24FN5.HI/c1-3-19-17(20-11-7-10-18)23(2)13-16-21-12-15(22-16)14-8-5-4-6-9-14;/h4-6,8-9,12H,3,7,10-11,13H2,1-2H3,(H,19,20)(H,21,22);1H. The quantitative estimate of drug-likeness (QED) is 0.297. The highest BCUT2D eigenvalue weighted by atomic mass is 127. The van der Waals surface area contributed by atoms with Gasteiger partial charge in [-0.25, -0.2) is 4.98 Å². The molecule has 1 aromatic carbocycles. The molecule has 0 bridgehead atoms. The van der Waals surface area contributed by atoms with Crippen LogP contribution in [0.15, 0.2) is 41.5 Å². The van der Waals surface area contributed by atoms with Gasteiger partial charge in [-0.2, -0.15) is 0 Å². The number of hydrogen-bond acceptors (Lipinski definition) is 2. The van der Waals surface area contributed by atoms with Crippen LogP contribution >= 0.6 is 24.0 Å². The number of imidazole rings is 1. The molecule has 0 aliphatic heterocycles. The maximum atomic E-state index is 12.2. The molecule has 0 saturated heterocycles. The molecule has 2 rings (SSSR count). The predicted octanol–water partition coefficient (Wildman–Crippen LogP) is 3.45. The number of halogens is 2. The lowest BCUT2D eigenvalue weighted by molar-refractivity contribution is 0.455. The van der Waals surface area contributed by atoms with E-state index in [0.717, 1.165) is 29.6 Å². The van der Waals surface area contributed by atoms with E-state index >= 15 is 0 Å². The highest BCUT2D eigenvalue weighted by Gasteiger charge is 2.09. The first-order chi connectivity index (χ1) is 11.2. The van der Waals surface area contributed by atoms with Crippen LogP contribution in [0.4, 0.5) is 4.39 Å². The summed E-state index contributed by atoms with van der Waals surface area (Å²) < 4.78 is 12.2. The Balaban J connectivity index is 0.00000288.